The minimum Gasteiger partial charge on any atom is -0.315 e. The van der Waals surface area contributed by atoms with E-state index in [-0.39, 0.29) is 0 Å². The van der Waals surface area contributed by atoms with Crippen LogP contribution in [0.4, 0.5) is 0 Å². The summed E-state index contributed by atoms with van der Waals surface area (Å²) < 4.78 is 0. The molecule has 1 aliphatic carbocycles. The molecule has 1 fully saturated rings. The first-order chi connectivity index (χ1) is 8.68. The quantitative estimate of drug-likeness (QED) is 0.795. The molecule has 100 valence electrons. The van der Waals surface area contributed by atoms with Crippen molar-refractivity contribution in [1.29, 1.82) is 0 Å². The fraction of sp³-hybridized carbons (Fsp3) is 0.625. The number of likely N-dealkylation sites (N-methyl/N-ethyl adjacent to an activating group) is 1. The molecule has 1 aromatic carbocycles. The van der Waals surface area contributed by atoms with Crippen molar-refractivity contribution in [3.05, 3.63) is 35.9 Å². The minimum atomic E-state index is 0.512. The second kappa shape index (κ2) is 6.35. The molecule has 1 atom stereocenters. The Morgan fingerprint density at radius 2 is 1.83 bits per heavy atom. The molecule has 1 N–H and O–H groups in total. The zero-order valence-corrected chi connectivity index (χ0v) is 11.9. The van der Waals surface area contributed by atoms with E-state index in [0.29, 0.717) is 12.0 Å². The summed E-state index contributed by atoms with van der Waals surface area (Å²) in [5.74, 6) is 0.715. The molecular formula is C16H26N2. The predicted octanol–water partition coefficient (Wildman–Crippen LogP) is 3.07. The van der Waals surface area contributed by atoms with Crippen LogP contribution in [0, 0.1) is 5.92 Å². The second-order valence-electron chi connectivity index (χ2n) is 5.88. The van der Waals surface area contributed by atoms with Gasteiger partial charge in [-0.3, -0.25) is 4.90 Å². The first-order valence-electron chi connectivity index (χ1n) is 7.16. The van der Waals surface area contributed by atoms with Crippen LogP contribution in [0.1, 0.15) is 38.3 Å². The minimum absolute atomic E-state index is 0.512. The van der Waals surface area contributed by atoms with Gasteiger partial charge in [0.2, 0.25) is 0 Å². The third kappa shape index (κ3) is 3.82. The zero-order valence-electron chi connectivity index (χ0n) is 11.9. The van der Waals surface area contributed by atoms with Crippen LogP contribution in [-0.2, 0) is 0 Å². The summed E-state index contributed by atoms with van der Waals surface area (Å²) in [5.41, 5.74) is 1.43. The first kappa shape index (κ1) is 13.6. The van der Waals surface area contributed by atoms with Crippen molar-refractivity contribution in [3.8, 4) is 0 Å². The average molecular weight is 246 g/mol. The molecule has 1 unspecified atom stereocenters. The highest BCUT2D eigenvalue weighted by molar-refractivity contribution is 5.20. The molecule has 1 aromatic rings. The maximum absolute atomic E-state index is 3.61. The fourth-order valence-corrected chi connectivity index (χ4v) is 2.42. The van der Waals surface area contributed by atoms with Crippen LogP contribution in [-0.4, -0.2) is 31.1 Å². The van der Waals surface area contributed by atoms with Crippen LogP contribution in [0.2, 0.25) is 0 Å². The van der Waals surface area contributed by atoms with Gasteiger partial charge in [0, 0.05) is 18.6 Å². The van der Waals surface area contributed by atoms with E-state index in [1.165, 1.54) is 18.4 Å². The largest absolute Gasteiger partial charge is 0.315 e. The monoisotopic (exact) mass is 246 g/mol. The van der Waals surface area contributed by atoms with Gasteiger partial charge >= 0.3 is 0 Å². The summed E-state index contributed by atoms with van der Waals surface area (Å²) in [6.07, 6.45) is 2.73. The van der Waals surface area contributed by atoms with Crippen molar-refractivity contribution < 1.29 is 0 Å². The van der Waals surface area contributed by atoms with E-state index >= 15 is 0 Å². The van der Waals surface area contributed by atoms with Crippen LogP contribution in [0.5, 0.6) is 0 Å². The topological polar surface area (TPSA) is 15.3 Å². The number of hydrogen-bond donors (Lipinski definition) is 1. The van der Waals surface area contributed by atoms with E-state index in [9.17, 15) is 0 Å². The number of nitrogens with one attached hydrogen (secondary N) is 1. The number of nitrogens with zero attached hydrogens (tertiary/aromatic N) is 1. The smallest absolute Gasteiger partial charge is 0.0472 e. The SMILES string of the molecule is CC(C)CNCC(c1ccccc1)N(C)C1CC1. The molecule has 2 heteroatoms. The van der Waals surface area contributed by atoms with E-state index in [1.807, 2.05) is 0 Å². The summed E-state index contributed by atoms with van der Waals surface area (Å²) in [5, 5.41) is 3.61. The normalized spacial score (nSPS) is 17.4. The third-order valence-corrected chi connectivity index (χ3v) is 3.69. The molecule has 0 amide bonds. The molecule has 0 saturated heterocycles. The molecule has 1 saturated carbocycles. The van der Waals surface area contributed by atoms with Crippen LogP contribution in [0.25, 0.3) is 0 Å². The fourth-order valence-electron chi connectivity index (χ4n) is 2.42. The first-order valence-corrected chi connectivity index (χ1v) is 7.16. The Kier molecular flexibility index (Phi) is 4.79. The summed E-state index contributed by atoms with van der Waals surface area (Å²) in [7, 11) is 2.27. The third-order valence-electron chi connectivity index (χ3n) is 3.69. The van der Waals surface area contributed by atoms with Crippen molar-refractivity contribution in [2.45, 2.75) is 38.8 Å². The van der Waals surface area contributed by atoms with Gasteiger partial charge in [-0.25, -0.2) is 0 Å². The molecule has 0 radical (unpaired) electrons. The van der Waals surface area contributed by atoms with Crippen LogP contribution in [0.15, 0.2) is 30.3 Å². The molecule has 2 rings (SSSR count). The van der Waals surface area contributed by atoms with Gasteiger partial charge in [-0.1, -0.05) is 44.2 Å². The van der Waals surface area contributed by atoms with E-state index < -0.39 is 0 Å². The van der Waals surface area contributed by atoms with Crippen LogP contribution < -0.4 is 5.32 Å². The van der Waals surface area contributed by atoms with Crippen molar-refractivity contribution in [3.63, 3.8) is 0 Å². The van der Waals surface area contributed by atoms with Crippen molar-refractivity contribution in [2.24, 2.45) is 5.92 Å². The van der Waals surface area contributed by atoms with Gasteiger partial charge in [0.05, 0.1) is 0 Å². The van der Waals surface area contributed by atoms with E-state index in [2.05, 4.69) is 61.4 Å². The Balaban J connectivity index is 1.98. The van der Waals surface area contributed by atoms with Gasteiger partial charge in [-0.15, -0.1) is 0 Å². The lowest BCUT2D eigenvalue weighted by atomic mass is 10.1. The maximum atomic E-state index is 3.61. The second-order valence-corrected chi connectivity index (χ2v) is 5.88. The van der Waals surface area contributed by atoms with E-state index in [1.54, 1.807) is 0 Å². The molecule has 0 aliphatic heterocycles. The molecular weight excluding hydrogens is 220 g/mol. The lowest BCUT2D eigenvalue weighted by Gasteiger charge is -2.29. The lowest BCUT2D eigenvalue weighted by molar-refractivity contribution is 0.226. The highest BCUT2D eigenvalue weighted by Crippen LogP contribution is 2.32. The number of rotatable bonds is 7. The van der Waals surface area contributed by atoms with Gasteiger partial charge in [-0.2, -0.15) is 0 Å². The maximum Gasteiger partial charge on any atom is 0.0472 e. The summed E-state index contributed by atoms with van der Waals surface area (Å²) >= 11 is 0. The standard InChI is InChI=1S/C16H26N2/c1-13(2)11-17-12-16(18(3)15-9-10-15)14-7-5-4-6-8-14/h4-8,13,15-17H,9-12H2,1-3H3. The van der Waals surface area contributed by atoms with Gasteiger partial charge in [0.1, 0.15) is 0 Å². The Morgan fingerprint density at radius 3 is 2.39 bits per heavy atom. The Hall–Kier alpha value is -0.860. The summed E-state index contributed by atoms with van der Waals surface area (Å²) in [6, 6.07) is 12.2. The molecule has 0 heterocycles. The molecule has 0 bridgehead atoms. The average Bonchev–Trinajstić information content (AvgIpc) is 3.19. The summed E-state index contributed by atoms with van der Waals surface area (Å²) in [4.78, 5) is 2.54. The zero-order chi connectivity index (χ0) is 13.0. The molecule has 2 nitrogen and oxygen atoms in total. The van der Waals surface area contributed by atoms with E-state index in [4.69, 9.17) is 0 Å². The van der Waals surface area contributed by atoms with Gasteiger partial charge in [0.15, 0.2) is 0 Å². The number of hydrogen-bond acceptors (Lipinski definition) is 2. The molecule has 0 spiro atoms. The van der Waals surface area contributed by atoms with Gasteiger partial charge in [0.25, 0.3) is 0 Å². The van der Waals surface area contributed by atoms with E-state index in [0.717, 1.165) is 19.1 Å². The predicted molar refractivity (Wildman–Crippen MR) is 77.7 cm³/mol. The number of benzene rings is 1. The van der Waals surface area contributed by atoms with Gasteiger partial charge in [-0.05, 0) is 37.9 Å². The molecule has 1 aliphatic rings. The molecule has 18 heavy (non-hydrogen) atoms. The van der Waals surface area contributed by atoms with Crippen LogP contribution in [0.3, 0.4) is 0 Å². The Labute approximate surface area is 111 Å². The Morgan fingerprint density at radius 1 is 1.17 bits per heavy atom. The highest BCUT2D eigenvalue weighted by atomic mass is 15.2. The Bertz CT molecular complexity index is 343. The highest BCUT2D eigenvalue weighted by Gasteiger charge is 2.31. The van der Waals surface area contributed by atoms with Crippen molar-refractivity contribution in [2.75, 3.05) is 20.1 Å². The van der Waals surface area contributed by atoms with Gasteiger partial charge < -0.3 is 5.32 Å². The van der Waals surface area contributed by atoms with Crippen molar-refractivity contribution >= 4 is 0 Å². The molecule has 0 aromatic heterocycles. The van der Waals surface area contributed by atoms with Crippen LogP contribution >= 0.6 is 0 Å². The lowest BCUT2D eigenvalue weighted by Crippen LogP contribution is -2.36. The van der Waals surface area contributed by atoms with Crippen molar-refractivity contribution in [1.82, 2.24) is 10.2 Å². The summed E-state index contributed by atoms with van der Waals surface area (Å²) in [6.45, 7) is 6.67.